The molecule has 0 atom stereocenters. The molecule has 1 aliphatic carbocycles. The molecule has 2 N–H and O–H groups in total. The van der Waals surface area contributed by atoms with Gasteiger partial charge in [0.1, 0.15) is 0 Å². The second-order valence-corrected chi connectivity index (χ2v) is 4.16. The molecule has 0 radical (unpaired) electrons. The molecule has 0 amide bonds. The molecule has 0 unspecified atom stereocenters. The van der Waals surface area contributed by atoms with E-state index in [2.05, 4.69) is 18.9 Å². The molecule has 1 heterocycles. The average Bonchev–Trinajstić information content (AvgIpc) is 2.48. The van der Waals surface area contributed by atoms with Gasteiger partial charge < -0.3 is 10.6 Å². The van der Waals surface area contributed by atoms with E-state index in [1.807, 2.05) is 0 Å². The summed E-state index contributed by atoms with van der Waals surface area (Å²) in [7, 11) is 2.17. The molecule has 2 aliphatic rings. The van der Waals surface area contributed by atoms with Crippen LogP contribution in [0.15, 0.2) is 0 Å². The van der Waals surface area contributed by atoms with Crippen molar-refractivity contribution < 1.29 is 0 Å². The Hall–Kier alpha value is -0.0800. The van der Waals surface area contributed by atoms with Crippen molar-refractivity contribution in [2.24, 2.45) is 5.73 Å². The molecule has 0 spiro atoms. The normalized spacial score (nSPS) is 27.5. The summed E-state index contributed by atoms with van der Waals surface area (Å²) in [5.74, 6) is 0. The van der Waals surface area contributed by atoms with Gasteiger partial charge in [-0.2, -0.15) is 0 Å². The summed E-state index contributed by atoms with van der Waals surface area (Å²) in [5, 5.41) is 0. The minimum Gasteiger partial charge on any atom is -0.325 e. The van der Waals surface area contributed by atoms with Crippen LogP contribution in [0.2, 0.25) is 0 Å². The molecule has 2 nitrogen and oxygen atoms in total. The third kappa shape index (κ3) is 4.38. The Morgan fingerprint density at radius 3 is 1.64 bits per heavy atom. The third-order valence-electron chi connectivity index (χ3n) is 2.37. The van der Waals surface area contributed by atoms with Crippen molar-refractivity contribution in [2.45, 2.75) is 38.1 Å². The molecule has 2 fully saturated rings. The van der Waals surface area contributed by atoms with Crippen molar-refractivity contribution in [1.29, 1.82) is 0 Å². The quantitative estimate of drug-likeness (QED) is 0.571. The van der Waals surface area contributed by atoms with E-state index in [0.717, 1.165) is 0 Å². The van der Waals surface area contributed by atoms with Crippen LogP contribution in [0.3, 0.4) is 0 Å². The molecule has 0 aromatic rings. The van der Waals surface area contributed by atoms with E-state index in [1.165, 1.54) is 38.8 Å². The molecule has 1 saturated carbocycles. The molecular weight excluding hydrogens is 136 g/mol. The van der Waals surface area contributed by atoms with Gasteiger partial charge in [0.15, 0.2) is 0 Å². The Morgan fingerprint density at radius 1 is 1.18 bits per heavy atom. The van der Waals surface area contributed by atoms with Crippen molar-refractivity contribution in [3.05, 3.63) is 0 Å². The van der Waals surface area contributed by atoms with Crippen molar-refractivity contribution in [3.8, 4) is 0 Å². The molecule has 0 bridgehead atoms. The van der Waals surface area contributed by atoms with E-state index in [9.17, 15) is 0 Å². The molecule has 11 heavy (non-hydrogen) atoms. The number of hydrogen-bond acceptors (Lipinski definition) is 2. The smallest absolute Gasteiger partial charge is 0.0127 e. The van der Waals surface area contributed by atoms with Gasteiger partial charge in [0.25, 0.3) is 0 Å². The highest BCUT2D eigenvalue weighted by Gasteiger charge is 2.31. The van der Waals surface area contributed by atoms with Crippen molar-refractivity contribution in [3.63, 3.8) is 0 Å². The van der Waals surface area contributed by atoms with Crippen LogP contribution >= 0.6 is 0 Å². The molecule has 2 heteroatoms. The number of hydrogen-bond donors (Lipinski definition) is 1. The second-order valence-electron chi connectivity index (χ2n) is 4.16. The van der Waals surface area contributed by atoms with Crippen molar-refractivity contribution in [1.82, 2.24) is 4.90 Å². The van der Waals surface area contributed by atoms with Crippen LogP contribution in [0.1, 0.15) is 32.6 Å². The summed E-state index contributed by atoms with van der Waals surface area (Å²) in [5.41, 5.74) is 5.72. The first-order valence-corrected chi connectivity index (χ1v) is 4.58. The summed E-state index contributed by atoms with van der Waals surface area (Å²) in [6.07, 6.45) is 5.28. The number of likely N-dealkylation sites (tertiary alicyclic amines) is 1. The predicted octanol–water partition coefficient (Wildman–Crippen LogP) is 1.21. The highest BCUT2D eigenvalue weighted by Crippen LogP contribution is 2.30. The largest absolute Gasteiger partial charge is 0.325 e. The van der Waals surface area contributed by atoms with Gasteiger partial charge in [-0.15, -0.1) is 0 Å². The fraction of sp³-hybridized carbons (Fsp3) is 1.00. The first-order valence-electron chi connectivity index (χ1n) is 4.58. The van der Waals surface area contributed by atoms with E-state index in [-0.39, 0.29) is 5.54 Å². The lowest BCUT2D eigenvalue weighted by Gasteiger charge is -2.01. The fourth-order valence-corrected chi connectivity index (χ4v) is 1.07. The van der Waals surface area contributed by atoms with E-state index in [1.54, 1.807) is 0 Å². The van der Waals surface area contributed by atoms with Gasteiger partial charge in [0.05, 0.1) is 0 Å². The summed E-state index contributed by atoms with van der Waals surface area (Å²) in [6, 6.07) is 0. The molecule has 66 valence electrons. The summed E-state index contributed by atoms with van der Waals surface area (Å²) in [6.45, 7) is 4.72. The lowest BCUT2D eigenvalue weighted by molar-refractivity contribution is 0.418. The highest BCUT2D eigenvalue weighted by molar-refractivity contribution is 4.93. The van der Waals surface area contributed by atoms with E-state index < -0.39 is 0 Å². The zero-order valence-electron chi connectivity index (χ0n) is 7.77. The Morgan fingerprint density at radius 2 is 1.55 bits per heavy atom. The zero-order chi connectivity index (χ0) is 8.32. The summed E-state index contributed by atoms with van der Waals surface area (Å²) in [4.78, 5) is 2.36. The van der Waals surface area contributed by atoms with Crippen LogP contribution in [0, 0.1) is 0 Å². The van der Waals surface area contributed by atoms with Gasteiger partial charge in [-0.25, -0.2) is 0 Å². The number of nitrogens with zero attached hydrogens (tertiary/aromatic N) is 1. The van der Waals surface area contributed by atoms with Gasteiger partial charge in [0, 0.05) is 5.54 Å². The molecule has 0 aromatic carbocycles. The van der Waals surface area contributed by atoms with E-state index >= 15 is 0 Å². The van der Waals surface area contributed by atoms with Gasteiger partial charge >= 0.3 is 0 Å². The van der Waals surface area contributed by atoms with Gasteiger partial charge in [-0.3, -0.25) is 0 Å². The fourth-order valence-electron chi connectivity index (χ4n) is 1.07. The maximum absolute atomic E-state index is 5.47. The average molecular weight is 156 g/mol. The van der Waals surface area contributed by atoms with Gasteiger partial charge in [-0.05, 0) is 52.7 Å². The summed E-state index contributed by atoms with van der Waals surface area (Å²) >= 11 is 0. The van der Waals surface area contributed by atoms with Crippen LogP contribution in [-0.4, -0.2) is 30.6 Å². The van der Waals surface area contributed by atoms with Crippen LogP contribution < -0.4 is 5.73 Å². The summed E-state index contributed by atoms with van der Waals surface area (Å²) < 4.78 is 0. The topological polar surface area (TPSA) is 29.3 Å². The third-order valence-corrected chi connectivity index (χ3v) is 2.37. The number of rotatable bonds is 0. The van der Waals surface area contributed by atoms with E-state index in [4.69, 9.17) is 5.73 Å². The monoisotopic (exact) mass is 156 g/mol. The maximum Gasteiger partial charge on any atom is 0.0127 e. The Kier molecular flexibility index (Phi) is 2.90. The molecule has 1 aliphatic heterocycles. The Balaban J connectivity index is 0.000000112. The van der Waals surface area contributed by atoms with Gasteiger partial charge in [-0.1, -0.05) is 0 Å². The molecular formula is C9H20N2. The molecule has 0 aromatic heterocycles. The van der Waals surface area contributed by atoms with Crippen LogP contribution in [-0.2, 0) is 0 Å². The first-order chi connectivity index (χ1) is 5.10. The van der Waals surface area contributed by atoms with Crippen molar-refractivity contribution in [2.75, 3.05) is 20.1 Å². The lowest BCUT2D eigenvalue weighted by Crippen LogP contribution is -2.14. The first kappa shape index (κ1) is 9.01. The minimum absolute atomic E-state index is 0.250. The number of nitrogens with two attached hydrogens (primary N) is 1. The minimum atomic E-state index is 0.250. The molecule has 2 rings (SSSR count). The van der Waals surface area contributed by atoms with Crippen molar-refractivity contribution >= 4 is 0 Å². The maximum atomic E-state index is 5.47. The molecule has 1 saturated heterocycles. The standard InChI is InChI=1S/C5H11N.C4H9N/c1-6-4-2-3-5-6;1-4(5)2-3-4/h2-5H2,1H3;2-3,5H2,1H3. The Labute approximate surface area is 69.8 Å². The Bertz CT molecular complexity index is 109. The van der Waals surface area contributed by atoms with Gasteiger partial charge in [0.2, 0.25) is 0 Å². The lowest BCUT2D eigenvalue weighted by atomic mass is 10.4. The zero-order valence-corrected chi connectivity index (χ0v) is 7.77. The second kappa shape index (κ2) is 3.55. The van der Waals surface area contributed by atoms with Crippen LogP contribution in [0.4, 0.5) is 0 Å². The van der Waals surface area contributed by atoms with Crippen LogP contribution in [0.25, 0.3) is 0 Å². The SMILES string of the molecule is CC1(N)CC1.CN1CCCC1. The predicted molar refractivity (Wildman–Crippen MR) is 48.6 cm³/mol. The van der Waals surface area contributed by atoms with Crippen LogP contribution in [0.5, 0.6) is 0 Å². The highest BCUT2D eigenvalue weighted by atomic mass is 15.1. The van der Waals surface area contributed by atoms with E-state index in [0.29, 0.717) is 0 Å².